The number of nitrogens with one attached hydrogen (secondary N) is 2. The summed E-state index contributed by atoms with van der Waals surface area (Å²) in [6.07, 6.45) is 0. The van der Waals surface area contributed by atoms with Gasteiger partial charge in [-0.05, 0) is 27.7 Å². The van der Waals surface area contributed by atoms with Gasteiger partial charge in [0.2, 0.25) is 5.91 Å². The van der Waals surface area contributed by atoms with Crippen LogP contribution in [0.2, 0.25) is 0 Å². The van der Waals surface area contributed by atoms with E-state index in [1.807, 2.05) is 13.8 Å². The zero-order valence-electron chi connectivity index (χ0n) is 12.0. The van der Waals surface area contributed by atoms with Gasteiger partial charge in [-0.1, -0.05) is 0 Å². The van der Waals surface area contributed by atoms with Crippen molar-refractivity contribution in [1.82, 2.24) is 15.5 Å². The first kappa shape index (κ1) is 14.1. The third-order valence-electron chi connectivity index (χ3n) is 4.03. The molecule has 0 bridgehead atoms. The molecule has 106 valence electrons. The molecule has 0 unspecified atom stereocenters. The van der Waals surface area contributed by atoms with Crippen LogP contribution in [0.4, 0.5) is 0 Å². The van der Waals surface area contributed by atoms with Crippen molar-refractivity contribution in [2.24, 2.45) is 10.4 Å². The Morgan fingerprint density at radius 3 is 2.32 bits per heavy atom. The molecule has 0 aromatic heterocycles. The number of carbonyl (C=O) groups is 2. The van der Waals surface area contributed by atoms with E-state index in [-0.39, 0.29) is 11.8 Å². The minimum atomic E-state index is -1.07. The maximum atomic E-state index is 12.0. The molecule has 2 aliphatic heterocycles. The average molecular weight is 266 g/mol. The summed E-state index contributed by atoms with van der Waals surface area (Å²) in [5.74, 6) is -0.177. The molecule has 0 aromatic rings. The normalized spacial score (nSPS) is 24.9. The maximum absolute atomic E-state index is 12.0. The largest absolute Gasteiger partial charge is 0.314 e. The fraction of sp³-hybridized carbons (Fsp3) is 0.769. The van der Waals surface area contributed by atoms with E-state index in [4.69, 9.17) is 0 Å². The molecule has 1 saturated heterocycles. The molecular weight excluding hydrogens is 244 g/mol. The molecule has 0 spiro atoms. The molecular formula is C13H22N4O2. The number of aliphatic imine (C=N–C) groups is 1. The van der Waals surface area contributed by atoms with Crippen molar-refractivity contribution in [3.8, 4) is 0 Å². The van der Waals surface area contributed by atoms with Crippen molar-refractivity contribution in [2.45, 2.75) is 33.2 Å². The molecule has 2 N–H and O–H groups in total. The molecule has 2 heterocycles. The number of rotatable bonds is 2. The fourth-order valence-corrected chi connectivity index (χ4v) is 2.29. The maximum Gasteiger partial charge on any atom is 0.262 e. The first-order chi connectivity index (χ1) is 8.76. The molecule has 0 radical (unpaired) electrons. The van der Waals surface area contributed by atoms with Crippen molar-refractivity contribution in [3.63, 3.8) is 0 Å². The summed E-state index contributed by atoms with van der Waals surface area (Å²) in [6.45, 7) is 10.7. The van der Waals surface area contributed by atoms with E-state index in [1.165, 1.54) is 0 Å². The van der Waals surface area contributed by atoms with Crippen LogP contribution in [0.5, 0.6) is 0 Å². The first-order valence-electron chi connectivity index (χ1n) is 6.67. The zero-order valence-corrected chi connectivity index (χ0v) is 12.0. The van der Waals surface area contributed by atoms with E-state index in [9.17, 15) is 9.59 Å². The lowest BCUT2D eigenvalue weighted by Gasteiger charge is -2.43. The third kappa shape index (κ3) is 2.42. The molecule has 0 aliphatic carbocycles. The predicted molar refractivity (Wildman–Crippen MR) is 72.9 cm³/mol. The molecule has 2 aliphatic rings. The SMILES string of the molecule is CC1(C)C(=O)N=C(C(C)(C)N2CCNCC2)NC1=O. The Balaban J connectivity index is 2.26. The van der Waals surface area contributed by atoms with Gasteiger partial charge in [-0.3, -0.25) is 14.5 Å². The predicted octanol–water partition coefficient (Wildman–Crippen LogP) is -0.249. The van der Waals surface area contributed by atoms with Crippen LogP contribution in [-0.2, 0) is 9.59 Å². The highest BCUT2D eigenvalue weighted by Crippen LogP contribution is 2.25. The standard InChI is InChI=1S/C13H22N4O2/c1-12(2)10(18)15-9(16-11(12)19)13(3,4)17-7-5-14-6-8-17/h14H,5-8H2,1-4H3,(H,15,16,18,19). The number of amides is 2. The summed E-state index contributed by atoms with van der Waals surface area (Å²) in [6, 6.07) is 0. The van der Waals surface area contributed by atoms with Crippen molar-refractivity contribution in [1.29, 1.82) is 0 Å². The van der Waals surface area contributed by atoms with Gasteiger partial charge in [0.05, 0.1) is 5.54 Å². The van der Waals surface area contributed by atoms with Gasteiger partial charge < -0.3 is 10.6 Å². The lowest BCUT2D eigenvalue weighted by molar-refractivity contribution is -0.139. The number of hydrogen-bond donors (Lipinski definition) is 2. The van der Waals surface area contributed by atoms with Crippen LogP contribution < -0.4 is 10.6 Å². The summed E-state index contributed by atoms with van der Waals surface area (Å²) in [5, 5.41) is 6.09. The Morgan fingerprint density at radius 1 is 1.21 bits per heavy atom. The highest BCUT2D eigenvalue weighted by atomic mass is 16.2. The summed E-state index contributed by atoms with van der Waals surface area (Å²) in [5.41, 5.74) is -1.51. The third-order valence-corrected chi connectivity index (χ3v) is 4.03. The lowest BCUT2D eigenvalue weighted by atomic mass is 9.88. The van der Waals surface area contributed by atoms with Crippen molar-refractivity contribution >= 4 is 17.6 Å². The van der Waals surface area contributed by atoms with Gasteiger partial charge in [0.15, 0.2) is 0 Å². The smallest absolute Gasteiger partial charge is 0.262 e. The monoisotopic (exact) mass is 266 g/mol. The van der Waals surface area contributed by atoms with Gasteiger partial charge >= 0.3 is 0 Å². The molecule has 0 atom stereocenters. The molecule has 19 heavy (non-hydrogen) atoms. The van der Waals surface area contributed by atoms with Gasteiger partial charge in [-0.15, -0.1) is 0 Å². The Bertz CT molecular complexity index is 434. The van der Waals surface area contributed by atoms with Gasteiger partial charge in [0.1, 0.15) is 11.3 Å². The lowest BCUT2D eigenvalue weighted by Crippen LogP contribution is -2.63. The number of carbonyl (C=O) groups excluding carboxylic acids is 2. The quantitative estimate of drug-likeness (QED) is 0.676. The van der Waals surface area contributed by atoms with E-state index in [1.54, 1.807) is 13.8 Å². The number of piperazine rings is 1. The summed E-state index contributed by atoms with van der Waals surface area (Å²) >= 11 is 0. The van der Waals surface area contributed by atoms with Gasteiger partial charge in [-0.2, -0.15) is 4.99 Å². The van der Waals surface area contributed by atoms with Crippen molar-refractivity contribution < 1.29 is 9.59 Å². The van der Waals surface area contributed by atoms with E-state index in [0.29, 0.717) is 5.84 Å². The highest BCUT2D eigenvalue weighted by molar-refractivity contribution is 6.20. The van der Waals surface area contributed by atoms with Crippen LogP contribution >= 0.6 is 0 Å². The molecule has 2 amide bonds. The Kier molecular flexibility index (Phi) is 3.49. The summed E-state index contributed by atoms with van der Waals surface area (Å²) in [4.78, 5) is 30.4. The Morgan fingerprint density at radius 2 is 1.79 bits per heavy atom. The van der Waals surface area contributed by atoms with Crippen molar-refractivity contribution in [3.05, 3.63) is 0 Å². The van der Waals surface area contributed by atoms with Crippen LogP contribution in [0.25, 0.3) is 0 Å². The van der Waals surface area contributed by atoms with Crippen LogP contribution in [-0.4, -0.2) is 54.3 Å². The van der Waals surface area contributed by atoms with Gasteiger partial charge in [-0.25, -0.2) is 0 Å². The second kappa shape index (κ2) is 4.68. The average Bonchev–Trinajstić information content (AvgIpc) is 2.37. The molecule has 6 nitrogen and oxygen atoms in total. The highest BCUT2D eigenvalue weighted by Gasteiger charge is 2.44. The molecule has 0 aromatic carbocycles. The van der Waals surface area contributed by atoms with E-state index < -0.39 is 11.0 Å². The van der Waals surface area contributed by atoms with E-state index >= 15 is 0 Å². The van der Waals surface area contributed by atoms with Crippen LogP contribution in [0.3, 0.4) is 0 Å². The first-order valence-corrected chi connectivity index (χ1v) is 6.67. The molecule has 2 rings (SSSR count). The Labute approximate surface area is 113 Å². The minimum absolute atomic E-state index is 0.272. The Hall–Kier alpha value is -1.27. The van der Waals surface area contributed by atoms with Crippen LogP contribution in [0.15, 0.2) is 4.99 Å². The van der Waals surface area contributed by atoms with Crippen LogP contribution in [0.1, 0.15) is 27.7 Å². The number of hydrogen-bond acceptors (Lipinski definition) is 4. The second-order valence-electron chi connectivity index (χ2n) is 6.14. The molecule has 1 fully saturated rings. The van der Waals surface area contributed by atoms with E-state index in [0.717, 1.165) is 26.2 Å². The fourth-order valence-electron chi connectivity index (χ4n) is 2.29. The summed E-state index contributed by atoms with van der Waals surface area (Å²) in [7, 11) is 0. The van der Waals surface area contributed by atoms with Crippen LogP contribution in [0, 0.1) is 5.41 Å². The number of nitrogens with zero attached hydrogens (tertiary/aromatic N) is 2. The topological polar surface area (TPSA) is 73.8 Å². The number of amidine groups is 1. The van der Waals surface area contributed by atoms with Gasteiger partial charge in [0.25, 0.3) is 5.91 Å². The van der Waals surface area contributed by atoms with E-state index in [2.05, 4.69) is 20.5 Å². The zero-order chi connectivity index (χ0) is 14.3. The minimum Gasteiger partial charge on any atom is -0.314 e. The van der Waals surface area contributed by atoms with Crippen molar-refractivity contribution in [2.75, 3.05) is 26.2 Å². The van der Waals surface area contributed by atoms with Gasteiger partial charge in [0, 0.05) is 26.2 Å². The molecule has 0 saturated carbocycles. The second-order valence-corrected chi connectivity index (χ2v) is 6.14. The summed E-state index contributed by atoms with van der Waals surface area (Å²) < 4.78 is 0. The molecule has 6 heteroatoms.